The van der Waals surface area contributed by atoms with Crippen molar-refractivity contribution in [3.8, 4) is 17.4 Å². The van der Waals surface area contributed by atoms with Crippen LogP contribution < -0.4 is 0 Å². The Morgan fingerprint density at radius 1 is 1.00 bits per heavy atom. The largest absolute Gasteiger partial charge is 0.494 e. The number of rotatable bonds is 5. The zero-order valence-corrected chi connectivity index (χ0v) is 16.9. The number of ether oxygens (including phenoxy) is 1. The Bertz CT molecular complexity index is 1160. The molecule has 2 aliphatic heterocycles. The second-order valence-corrected chi connectivity index (χ2v) is 8.31. The number of hydrogen-bond donors (Lipinski definition) is 3. The molecule has 2 unspecified atom stereocenters. The van der Waals surface area contributed by atoms with E-state index in [9.17, 15) is 15.3 Å². The fourth-order valence-electron chi connectivity index (χ4n) is 5.62. The molecule has 2 bridgehead atoms. The summed E-state index contributed by atoms with van der Waals surface area (Å²) in [5.74, 6) is -0.0643. The quantitative estimate of drug-likeness (QED) is 0.524. The number of fused-ring (bicyclic) bond motifs is 6. The number of hydrogen-bond acceptors (Lipinski definition) is 4. The first-order valence-corrected chi connectivity index (χ1v) is 10.4. The van der Waals surface area contributed by atoms with Gasteiger partial charge in [-0.3, -0.25) is 4.57 Å². The van der Waals surface area contributed by atoms with Gasteiger partial charge >= 0.3 is 0 Å². The minimum atomic E-state index is -0.779. The lowest BCUT2D eigenvalue weighted by Crippen LogP contribution is -2.24. The lowest BCUT2D eigenvalue weighted by molar-refractivity contribution is -0.102. The van der Waals surface area contributed by atoms with Gasteiger partial charge in [-0.05, 0) is 36.1 Å². The van der Waals surface area contributed by atoms with Gasteiger partial charge in [0.25, 0.3) is 0 Å². The lowest BCUT2D eigenvalue weighted by Gasteiger charge is -2.26. The van der Waals surface area contributed by atoms with Crippen molar-refractivity contribution in [3.63, 3.8) is 0 Å². The maximum absolute atomic E-state index is 11.4. The molecule has 154 valence electrons. The average Bonchev–Trinajstić information content (AvgIpc) is 3.34. The summed E-state index contributed by atoms with van der Waals surface area (Å²) in [6, 6.07) is 11.0. The van der Waals surface area contributed by atoms with E-state index in [1.807, 2.05) is 24.3 Å². The standard InChI is InChI=1S/C24H24N2O4/c1-3-10-23-11-12-24(30-23,13-14-27)20-19(23)21(28)26(22(20)29)18-9-8-17(25-2)15-6-4-5-7-16(15)18/h4-9,27-29H,3,10-14H2,1H3. The number of benzene rings is 2. The van der Waals surface area contributed by atoms with E-state index in [1.165, 1.54) is 4.57 Å². The van der Waals surface area contributed by atoms with Crippen molar-refractivity contribution in [3.05, 3.63) is 58.9 Å². The summed E-state index contributed by atoms with van der Waals surface area (Å²) in [6.45, 7) is 9.46. The summed E-state index contributed by atoms with van der Waals surface area (Å²) in [5, 5.41) is 34.0. The Morgan fingerprint density at radius 3 is 2.23 bits per heavy atom. The van der Waals surface area contributed by atoms with E-state index < -0.39 is 11.2 Å². The molecule has 2 aliphatic rings. The second kappa shape index (κ2) is 6.49. The van der Waals surface area contributed by atoms with Crippen LogP contribution in [0.3, 0.4) is 0 Å². The van der Waals surface area contributed by atoms with Crippen molar-refractivity contribution in [1.82, 2.24) is 4.57 Å². The van der Waals surface area contributed by atoms with Gasteiger partial charge in [0.05, 0.1) is 23.4 Å². The Hall–Kier alpha value is -3.01. The van der Waals surface area contributed by atoms with Crippen LogP contribution in [0.4, 0.5) is 5.69 Å². The van der Waals surface area contributed by atoms with Crippen molar-refractivity contribution in [2.24, 2.45) is 0 Å². The summed E-state index contributed by atoms with van der Waals surface area (Å²) < 4.78 is 7.96. The van der Waals surface area contributed by atoms with Crippen molar-refractivity contribution >= 4 is 16.5 Å². The van der Waals surface area contributed by atoms with Crippen molar-refractivity contribution in [2.75, 3.05) is 6.61 Å². The number of nitrogens with zero attached hydrogens (tertiary/aromatic N) is 2. The van der Waals surface area contributed by atoms with Crippen molar-refractivity contribution < 1.29 is 20.1 Å². The van der Waals surface area contributed by atoms with E-state index in [4.69, 9.17) is 11.3 Å². The second-order valence-electron chi connectivity index (χ2n) is 8.31. The van der Waals surface area contributed by atoms with Gasteiger partial charge in [0.1, 0.15) is 11.2 Å². The van der Waals surface area contributed by atoms with E-state index in [-0.39, 0.29) is 18.4 Å². The van der Waals surface area contributed by atoms with Crippen LogP contribution in [0.15, 0.2) is 36.4 Å². The van der Waals surface area contributed by atoms with Crippen LogP contribution in [-0.4, -0.2) is 26.5 Å². The van der Waals surface area contributed by atoms with Gasteiger partial charge in [0.15, 0.2) is 5.69 Å². The Labute approximate surface area is 174 Å². The van der Waals surface area contributed by atoms with Gasteiger partial charge in [-0.25, -0.2) is 4.85 Å². The van der Waals surface area contributed by atoms with E-state index >= 15 is 0 Å². The normalized spacial score (nSPS) is 24.3. The highest BCUT2D eigenvalue weighted by atomic mass is 16.5. The van der Waals surface area contributed by atoms with Crippen molar-refractivity contribution in [1.29, 1.82) is 0 Å². The molecule has 5 rings (SSSR count). The molecule has 6 heteroatoms. The molecule has 2 aromatic carbocycles. The van der Waals surface area contributed by atoms with Crippen LogP contribution >= 0.6 is 0 Å². The van der Waals surface area contributed by atoms with Crippen LogP contribution in [-0.2, 0) is 15.9 Å². The molecular formula is C24H24N2O4. The van der Waals surface area contributed by atoms with Gasteiger partial charge in [-0.1, -0.05) is 43.7 Å². The number of aromatic hydroxyl groups is 2. The van der Waals surface area contributed by atoms with Gasteiger partial charge in [0.2, 0.25) is 11.8 Å². The molecular weight excluding hydrogens is 380 g/mol. The van der Waals surface area contributed by atoms with Crippen LogP contribution in [0.1, 0.15) is 50.2 Å². The summed E-state index contributed by atoms with van der Waals surface area (Å²) in [6.07, 6.45) is 3.45. The monoisotopic (exact) mass is 404 g/mol. The lowest BCUT2D eigenvalue weighted by atomic mass is 9.75. The molecule has 2 atom stereocenters. The molecule has 3 N–H and O–H groups in total. The Morgan fingerprint density at radius 2 is 1.63 bits per heavy atom. The van der Waals surface area contributed by atoms with Crippen LogP contribution in [0.25, 0.3) is 21.3 Å². The molecule has 0 amide bonds. The third kappa shape index (κ3) is 2.25. The fraction of sp³-hybridized carbons (Fsp3) is 0.375. The summed E-state index contributed by atoms with van der Waals surface area (Å²) in [4.78, 5) is 3.60. The molecule has 0 saturated carbocycles. The molecule has 0 radical (unpaired) electrons. The highest BCUT2D eigenvalue weighted by Gasteiger charge is 2.62. The zero-order valence-electron chi connectivity index (χ0n) is 16.9. The summed E-state index contributed by atoms with van der Waals surface area (Å²) >= 11 is 0. The number of aliphatic hydroxyl groups is 1. The minimum absolute atomic E-state index is 0.0174. The van der Waals surface area contributed by atoms with Gasteiger partial charge < -0.3 is 20.1 Å². The molecule has 3 aromatic rings. The maximum atomic E-state index is 11.4. The molecule has 0 spiro atoms. The molecule has 1 aromatic heterocycles. The first-order chi connectivity index (χ1) is 14.5. The van der Waals surface area contributed by atoms with Gasteiger partial charge in [0, 0.05) is 13.0 Å². The molecule has 30 heavy (non-hydrogen) atoms. The van der Waals surface area contributed by atoms with Gasteiger partial charge in [-0.2, -0.15) is 0 Å². The Balaban J connectivity index is 1.81. The van der Waals surface area contributed by atoms with E-state index in [1.54, 1.807) is 12.1 Å². The molecule has 3 heterocycles. The highest BCUT2D eigenvalue weighted by Crippen LogP contribution is 2.67. The molecule has 0 aliphatic carbocycles. The Kier molecular flexibility index (Phi) is 4.11. The SMILES string of the molecule is [C-]#[N+]c1ccc(-n2c(O)c3c(c2O)C2(CCO)CCC3(CCC)O2)c2ccccc12. The number of aliphatic hydroxyl groups excluding tert-OH is 1. The zero-order chi connectivity index (χ0) is 21.1. The predicted molar refractivity (Wildman–Crippen MR) is 113 cm³/mol. The van der Waals surface area contributed by atoms with Gasteiger partial charge in [-0.15, -0.1) is 0 Å². The number of aromatic nitrogens is 1. The maximum Gasteiger partial charge on any atom is 0.205 e. The summed E-state index contributed by atoms with van der Waals surface area (Å²) in [5.41, 5.74) is 0.978. The molecule has 1 fully saturated rings. The topological polar surface area (TPSA) is 79.2 Å². The van der Waals surface area contributed by atoms with Crippen LogP contribution in [0, 0.1) is 6.57 Å². The van der Waals surface area contributed by atoms with Crippen LogP contribution in [0.2, 0.25) is 0 Å². The van der Waals surface area contributed by atoms with Crippen molar-refractivity contribution in [2.45, 2.75) is 50.2 Å². The molecule has 1 saturated heterocycles. The first kappa shape index (κ1) is 19.0. The van der Waals surface area contributed by atoms with Crippen LogP contribution in [0.5, 0.6) is 11.8 Å². The predicted octanol–water partition coefficient (Wildman–Crippen LogP) is 4.99. The first-order valence-electron chi connectivity index (χ1n) is 10.4. The van der Waals surface area contributed by atoms with E-state index in [0.29, 0.717) is 35.3 Å². The third-order valence-electron chi connectivity index (χ3n) is 6.76. The smallest absolute Gasteiger partial charge is 0.205 e. The van der Waals surface area contributed by atoms with E-state index in [0.717, 1.165) is 30.0 Å². The van der Waals surface area contributed by atoms with E-state index in [2.05, 4.69) is 11.8 Å². The highest BCUT2D eigenvalue weighted by molar-refractivity contribution is 6.00. The third-order valence-corrected chi connectivity index (χ3v) is 6.76. The molecule has 6 nitrogen and oxygen atoms in total. The summed E-state index contributed by atoms with van der Waals surface area (Å²) in [7, 11) is 0. The fourth-order valence-corrected chi connectivity index (χ4v) is 5.62. The minimum Gasteiger partial charge on any atom is -0.494 e. The average molecular weight is 404 g/mol.